The number of hydrogen-bond acceptors (Lipinski definition) is 5. The molecule has 0 spiro atoms. The van der Waals surface area contributed by atoms with Gasteiger partial charge in [-0.1, -0.05) is 23.7 Å². The molecule has 1 amide bonds. The number of nitrogens with zero attached hydrogens (tertiary/aromatic N) is 4. The van der Waals surface area contributed by atoms with Crippen LogP contribution in [0.4, 0.5) is 0 Å². The fraction of sp³-hybridized carbons (Fsp3) is 0.435. The van der Waals surface area contributed by atoms with Crippen molar-refractivity contribution in [2.75, 3.05) is 26.2 Å². The third-order valence-corrected chi connectivity index (χ3v) is 6.58. The van der Waals surface area contributed by atoms with Gasteiger partial charge in [0.2, 0.25) is 0 Å². The lowest BCUT2D eigenvalue weighted by Gasteiger charge is -2.27. The van der Waals surface area contributed by atoms with Crippen molar-refractivity contribution in [3.63, 3.8) is 0 Å². The number of aliphatic hydroxyl groups is 1. The van der Waals surface area contributed by atoms with E-state index in [-0.39, 0.29) is 11.3 Å². The number of aliphatic hydroxyl groups excluding tert-OH is 1. The number of amides is 1. The zero-order valence-corrected chi connectivity index (χ0v) is 18.8. The number of aryl methyl sites for hydroxylation is 2. The minimum Gasteiger partial charge on any atom is -0.507 e. The van der Waals surface area contributed by atoms with Crippen LogP contribution in [0.5, 0.6) is 0 Å². The van der Waals surface area contributed by atoms with E-state index in [0.717, 1.165) is 37.2 Å². The highest BCUT2D eigenvalue weighted by atomic mass is 35.5. The van der Waals surface area contributed by atoms with Gasteiger partial charge in [-0.25, -0.2) is 0 Å². The molecule has 1 N–H and O–H groups in total. The number of carbonyl (C=O) groups excluding carboxylic acids is 2. The molecule has 0 saturated carbocycles. The summed E-state index contributed by atoms with van der Waals surface area (Å²) in [4.78, 5) is 30.1. The summed E-state index contributed by atoms with van der Waals surface area (Å²) in [6.45, 7) is 6.73. The van der Waals surface area contributed by atoms with Crippen LogP contribution in [0.2, 0.25) is 5.02 Å². The molecule has 2 aromatic rings. The molecule has 1 aromatic carbocycles. The monoisotopic (exact) mass is 442 g/mol. The Hall–Kier alpha value is -2.64. The molecule has 0 bridgehead atoms. The van der Waals surface area contributed by atoms with Crippen molar-refractivity contribution < 1.29 is 14.7 Å². The number of halogens is 1. The van der Waals surface area contributed by atoms with Crippen molar-refractivity contribution in [2.24, 2.45) is 7.05 Å². The summed E-state index contributed by atoms with van der Waals surface area (Å²) < 4.78 is 1.66. The van der Waals surface area contributed by atoms with Gasteiger partial charge < -0.3 is 14.9 Å². The van der Waals surface area contributed by atoms with E-state index in [1.54, 1.807) is 47.8 Å². The predicted molar refractivity (Wildman–Crippen MR) is 119 cm³/mol. The highest BCUT2D eigenvalue weighted by Crippen LogP contribution is 2.40. The van der Waals surface area contributed by atoms with Crippen LogP contribution in [0.25, 0.3) is 5.76 Å². The van der Waals surface area contributed by atoms with Crippen LogP contribution in [-0.2, 0) is 16.6 Å². The minimum absolute atomic E-state index is 0.105. The van der Waals surface area contributed by atoms with Gasteiger partial charge in [0, 0.05) is 30.9 Å². The lowest BCUT2D eigenvalue weighted by molar-refractivity contribution is -0.140. The van der Waals surface area contributed by atoms with E-state index in [4.69, 9.17) is 11.6 Å². The van der Waals surface area contributed by atoms with Gasteiger partial charge in [0.15, 0.2) is 0 Å². The molecule has 2 saturated heterocycles. The summed E-state index contributed by atoms with van der Waals surface area (Å²) in [7, 11) is 1.78. The van der Waals surface area contributed by atoms with E-state index in [9.17, 15) is 14.7 Å². The number of aromatic nitrogens is 2. The van der Waals surface area contributed by atoms with Gasteiger partial charge in [0.1, 0.15) is 5.76 Å². The molecule has 4 rings (SSSR count). The number of likely N-dealkylation sites (tertiary alicyclic amines) is 2. The zero-order valence-electron chi connectivity index (χ0n) is 18.1. The van der Waals surface area contributed by atoms with Crippen molar-refractivity contribution in [3.05, 3.63) is 57.4 Å². The summed E-state index contributed by atoms with van der Waals surface area (Å²) in [6.07, 6.45) is 2.30. The second-order valence-electron chi connectivity index (χ2n) is 8.26. The molecule has 164 valence electrons. The Morgan fingerprint density at radius 3 is 2.35 bits per heavy atom. The highest BCUT2D eigenvalue weighted by Gasteiger charge is 2.46. The summed E-state index contributed by atoms with van der Waals surface area (Å²) >= 11 is 6.07. The van der Waals surface area contributed by atoms with E-state index in [1.165, 1.54) is 0 Å². The smallest absolute Gasteiger partial charge is 0.295 e. The average molecular weight is 443 g/mol. The van der Waals surface area contributed by atoms with Crippen LogP contribution >= 0.6 is 11.6 Å². The van der Waals surface area contributed by atoms with Gasteiger partial charge in [0.05, 0.1) is 22.9 Å². The predicted octanol–water partition coefficient (Wildman–Crippen LogP) is 3.21. The molecular weight excluding hydrogens is 416 g/mol. The maximum Gasteiger partial charge on any atom is 0.295 e. The SMILES string of the molecule is Cc1nn(C)c(C)c1/C(O)=C1\C(=O)C(=O)N(CCN2CCCC2)C1c1ccc(Cl)cc1. The van der Waals surface area contributed by atoms with Gasteiger partial charge in [-0.15, -0.1) is 0 Å². The van der Waals surface area contributed by atoms with E-state index in [1.807, 2.05) is 6.92 Å². The molecule has 2 aliphatic heterocycles. The molecule has 0 aliphatic carbocycles. The number of carbonyl (C=O) groups is 2. The first-order valence-corrected chi connectivity index (χ1v) is 10.9. The van der Waals surface area contributed by atoms with Crippen LogP contribution in [0, 0.1) is 13.8 Å². The highest BCUT2D eigenvalue weighted by molar-refractivity contribution is 6.46. The molecule has 3 heterocycles. The van der Waals surface area contributed by atoms with Crippen molar-refractivity contribution in [1.29, 1.82) is 0 Å². The van der Waals surface area contributed by atoms with E-state index < -0.39 is 17.7 Å². The van der Waals surface area contributed by atoms with Gasteiger partial charge in [0.25, 0.3) is 11.7 Å². The molecule has 2 aliphatic rings. The number of Topliss-reactive ketones (excluding diaryl/α,β-unsaturated/α-hetero) is 1. The van der Waals surface area contributed by atoms with Gasteiger partial charge in [-0.2, -0.15) is 5.10 Å². The largest absolute Gasteiger partial charge is 0.507 e. The maximum absolute atomic E-state index is 13.1. The Balaban J connectivity index is 1.80. The van der Waals surface area contributed by atoms with Gasteiger partial charge in [-0.3, -0.25) is 14.3 Å². The normalized spacial score (nSPS) is 21.4. The van der Waals surface area contributed by atoms with Crippen molar-refractivity contribution in [2.45, 2.75) is 32.7 Å². The second-order valence-corrected chi connectivity index (χ2v) is 8.70. The first kappa shape index (κ1) is 21.6. The Kier molecular flexibility index (Phi) is 5.90. The maximum atomic E-state index is 13.1. The van der Waals surface area contributed by atoms with Crippen molar-refractivity contribution in [3.8, 4) is 0 Å². The van der Waals surface area contributed by atoms with Crippen molar-refractivity contribution in [1.82, 2.24) is 19.6 Å². The molecule has 8 heteroatoms. The summed E-state index contributed by atoms with van der Waals surface area (Å²) in [5.74, 6) is -1.42. The first-order chi connectivity index (χ1) is 14.8. The van der Waals surface area contributed by atoms with Crippen LogP contribution in [0.1, 0.15) is 41.4 Å². The third kappa shape index (κ3) is 3.88. The summed E-state index contributed by atoms with van der Waals surface area (Å²) in [6, 6.07) is 6.41. The van der Waals surface area contributed by atoms with Crippen LogP contribution in [0.15, 0.2) is 29.8 Å². The number of hydrogen-bond donors (Lipinski definition) is 1. The molecule has 1 atom stereocenters. The summed E-state index contributed by atoms with van der Waals surface area (Å²) in [5, 5.41) is 16.2. The minimum atomic E-state index is -0.668. The third-order valence-electron chi connectivity index (χ3n) is 6.33. The topological polar surface area (TPSA) is 78.7 Å². The quantitative estimate of drug-likeness (QED) is 0.437. The number of benzene rings is 1. The lowest BCUT2D eigenvalue weighted by Crippen LogP contribution is -2.37. The molecule has 2 fully saturated rings. The van der Waals surface area contributed by atoms with E-state index in [2.05, 4.69) is 10.00 Å². The first-order valence-electron chi connectivity index (χ1n) is 10.6. The Labute approximate surface area is 186 Å². The fourth-order valence-electron chi connectivity index (χ4n) is 4.61. The standard InChI is InChI=1S/C23H27ClN4O3/c1-14-18(15(2)26(3)25-14)21(29)19-20(16-6-8-17(24)9-7-16)28(23(31)22(19)30)13-12-27-10-4-5-11-27/h6-9,20,29H,4-5,10-13H2,1-3H3/b21-19+. The zero-order chi connectivity index (χ0) is 22.3. The van der Waals surface area contributed by atoms with Crippen LogP contribution in [0.3, 0.4) is 0 Å². The Morgan fingerprint density at radius 1 is 1.13 bits per heavy atom. The molecule has 31 heavy (non-hydrogen) atoms. The van der Waals surface area contributed by atoms with Gasteiger partial charge in [-0.05, 0) is 57.5 Å². The average Bonchev–Trinajstić information content (AvgIpc) is 3.40. The lowest BCUT2D eigenvalue weighted by atomic mass is 9.94. The van der Waals surface area contributed by atoms with E-state index in [0.29, 0.717) is 29.4 Å². The molecule has 1 aromatic heterocycles. The van der Waals surface area contributed by atoms with Gasteiger partial charge >= 0.3 is 0 Å². The van der Waals surface area contributed by atoms with E-state index >= 15 is 0 Å². The molecule has 1 unspecified atom stereocenters. The summed E-state index contributed by atoms with van der Waals surface area (Å²) in [5.41, 5.74) is 2.68. The molecule has 7 nitrogen and oxygen atoms in total. The molecular formula is C23H27ClN4O3. The Bertz CT molecular complexity index is 1050. The fourth-order valence-corrected chi connectivity index (χ4v) is 4.73. The Morgan fingerprint density at radius 2 is 1.77 bits per heavy atom. The van der Waals surface area contributed by atoms with Crippen molar-refractivity contribution >= 4 is 29.1 Å². The second kappa shape index (κ2) is 8.48. The number of rotatable bonds is 5. The van der Waals surface area contributed by atoms with Crippen LogP contribution < -0.4 is 0 Å². The van der Waals surface area contributed by atoms with Crippen LogP contribution in [-0.4, -0.2) is 62.6 Å². The number of ketones is 1. The molecule has 0 radical (unpaired) electrons.